The molecule has 1 aromatic rings. The van der Waals surface area contributed by atoms with Crippen molar-refractivity contribution in [2.75, 3.05) is 13.7 Å². The first-order valence-electron chi connectivity index (χ1n) is 6.77. The lowest BCUT2D eigenvalue weighted by Crippen LogP contribution is -2.45. The predicted octanol–water partition coefficient (Wildman–Crippen LogP) is 2.22. The third-order valence-electron chi connectivity index (χ3n) is 3.25. The number of hydrogen-bond donors (Lipinski definition) is 2. The van der Waals surface area contributed by atoms with E-state index in [9.17, 15) is 4.79 Å². The third-order valence-corrected chi connectivity index (χ3v) is 3.47. The summed E-state index contributed by atoms with van der Waals surface area (Å²) in [6, 6.07) is 7.08. The van der Waals surface area contributed by atoms with Gasteiger partial charge in [-0.25, -0.2) is 4.79 Å². The maximum absolute atomic E-state index is 12.3. The van der Waals surface area contributed by atoms with E-state index in [1.54, 1.807) is 14.0 Å². The molecule has 2 rings (SSSR count). The van der Waals surface area contributed by atoms with E-state index in [0.29, 0.717) is 22.1 Å². The van der Waals surface area contributed by atoms with E-state index in [1.807, 2.05) is 24.3 Å². The molecule has 0 saturated carbocycles. The highest BCUT2D eigenvalue weighted by Gasteiger charge is 2.30. The lowest BCUT2D eigenvalue weighted by Gasteiger charge is -2.30. The van der Waals surface area contributed by atoms with Gasteiger partial charge in [-0.1, -0.05) is 24.8 Å². The monoisotopic (exact) mass is 318 g/mol. The van der Waals surface area contributed by atoms with Gasteiger partial charge in [-0.3, -0.25) is 0 Å². The minimum absolute atomic E-state index is 0.158. The molecule has 0 amide bonds. The quantitative estimate of drug-likeness (QED) is 0.493. The van der Waals surface area contributed by atoms with Gasteiger partial charge in [0.25, 0.3) is 0 Å². The zero-order valence-electron chi connectivity index (χ0n) is 12.5. The molecule has 0 saturated heterocycles. The molecular formula is C16H18N2O3S. The van der Waals surface area contributed by atoms with Crippen LogP contribution in [-0.2, 0) is 9.53 Å². The second kappa shape index (κ2) is 7.09. The van der Waals surface area contributed by atoms with Crippen molar-refractivity contribution in [1.82, 2.24) is 10.6 Å². The zero-order valence-corrected chi connectivity index (χ0v) is 13.3. The zero-order chi connectivity index (χ0) is 16.1. The van der Waals surface area contributed by atoms with E-state index in [0.717, 1.165) is 5.56 Å². The van der Waals surface area contributed by atoms with E-state index < -0.39 is 5.97 Å². The van der Waals surface area contributed by atoms with Crippen LogP contribution in [0.15, 0.2) is 48.2 Å². The standard InChI is InChI=1S/C16H18N2O3S/c1-4-8-21-15(19)13-10(2)17-16(22)18-14(13)11-6-5-7-12(9-11)20-3/h4-7,9,14H,1,8H2,2-3H3,(H2,17,18,22)/t14-/m0/s1. The molecule has 1 aromatic carbocycles. The number of ether oxygens (including phenoxy) is 2. The van der Waals surface area contributed by atoms with Crippen LogP contribution in [0.4, 0.5) is 0 Å². The average molecular weight is 318 g/mol. The van der Waals surface area contributed by atoms with Gasteiger partial charge < -0.3 is 20.1 Å². The fourth-order valence-electron chi connectivity index (χ4n) is 2.25. The lowest BCUT2D eigenvalue weighted by atomic mass is 9.95. The first-order chi connectivity index (χ1) is 10.6. The summed E-state index contributed by atoms with van der Waals surface area (Å²) in [6.07, 6.45) is 1.53. The van der Waals surface area contributed by atoms with Crippen molar-refractivity contribution in [1.29, 1.82) is 0 Å². The Labute approximate surface area is 135 Å². The maximum atomic E-state index is 12.3. The van der Waals surface area contributed by atoms with Crippen LogP contribution in [0.3, 0.4) is 0 Å². The predicted molar refractivity (Wildman–Crippen MR) is 88.5 cm³/mol. The summed E-state index contributed by atoms with van der Waals surface area (Å²) in [5.74, 6) is 0.299. The normalized spacial score (nSPS) is 17.4. The van der Waals surface area contributed by atoms with E-state index in [4.69, 9.17) is 21.7 Å². The Hall–Kier alpha value is -2.34. The first-order valence-corrected chi connectivity index (χ1v) is 7.18. The molecule has 1 heterocycles. The molecule has 0 radical (unpaired) electrons. The summed E-state index contributed by atoms with van der Waals surface area (Å²) < 4.78 is 10.4. The molecule has 0 bridgehead atoms. The number of esters is 1. The second-order valence-electron chi connectivity index (χ2n) is 4.73. The summed E-state index contributed by atoms with van der Waals surface area (Å²) in [6.45, 7) is 5.50. The van der Waals surface area contributed by atoms with Crippen LogP contribution in [-0.4, -0.2) is 24.8 Å². The van der Waals surface area contributed by atoms with Gasteiger partial charge in [-0.2, -0.15) is 0 Å². The smallest absolute Gasteiger partial charge is 0.338 e. The highest BCUT2D eigenvalue weighted by Crippen LogP contribution is 2.29. The molecule has 0 aromatic heterocycles. The molecule has 1 aliphatic rings. The summed E-state index contributed by atoms with van der Waals surface area (Å²) in [5, 5.41) is 6.52. The molecule has 6 heteroatoms. The minimum Gasteiger partial charge on any atom is -0.497 e. The third kappa shape index (κ3) is 3.46. The van der Waals surface area contributed by atoms with Gasteiger partial charge in [-0.15, -0.1) is 0 Å². The van der Waals surface area contributed by atoms with Crippen molar-refractivity contribution in [2.45, 2.75) is 13.0 Å². The highest BCUT2D eigenvalue weighted by atomic mass is 32.1. The number of allylic oxidation sites excluding steroid dienone is 1. The number of hydrogen-bond acceptors (Lipinski definition) is 4. The van der Waals surface area contributed by atoms with Crippen LogP contribution in [0.1, 0.15) is 18.5 Å². The van der Waals surface area contributed by atoms with E-state index in [2.05, 4.69) is 17.2 Å². The summed E-state index contributed by atoms with van der Waals surface area (Å²) in [7, 11) is 1.60. The van der Waals surface area contributed by atoms with Crippen molar-refractivity contribution in [3.05, 3.63) is 53.8 Å². The van der Waals surface area contributed by atoms with Crippen LogP contribution in [0.5, 0.6) is 5.75 Å². The first kappa shape index (κ1) is 16.0. The summed E-state index contributed by atoms with van der Waals surface area (Å²) >= 11 is 5.19. The van der Waals surface area contributed by atoms with Crippen molar-refractivity contribution >= 4 is 23.3 Å². The summed E-state index contributed by atoms with van der Waals surface area (Å²) in [5.41, 5.74) is 2.03. The molecule has 22 heavy (non-hydrogen) atoms. The molecule has 1 aliphatic heterocycles. The second-order valence-corrected chi connectivity index (χ2v) is 5.14. The number of nitrogens with one attached hydrogen (secondary N) is 2. The van der Waals surface area contributed by atoms with Gasteiger partial charge in [-0.05, 0) is 36.8 Å². The van der Waals surface area contributed by atoms with Crippen molar-refractivity contribution in [3.8, 4) is 5.75 Å². The fraction of sp³-hybridized carbons (Fsp3) is 0.250. The van der Waals surface area contributed by atoms with Crippen molar-refractivity contribution in [3.63, 3.8) is 0 Å². The van der Waals surface area contributed by atoms with Crippen LogP contribution in [0.25, 0.3) is 0 Å². The largest absolute Gasteiger partial charge is 0.497 e. The van der Waals surface area contributed by atoms with Gasteiger partial charge >= 0.3 is 5.97 Å². The molecule has 2 N–H and O–H groups in total. The summed E-state index contributed by atoms with van der Waals surface area (Å²) in [4.78, 5) is 12.3. The number of carbonyl (C=O) groups is 1. The molecule has 5 nitrogen and oxygen atoms in total. The van der Waals surface area contributed by atoms with Crippen molar-refractivity contribution < 1.29 is 14.3 Å². The number of rotatable bonds is 5. The number of methoxy groups -OCH3 is 1. The van der Waals surface area contributed by atoms with Gasteiger partial charge in [0.1, 0.15) is 12.4 Å². The van der Waals surface area contributed by atoms with E-state index in [1.165, 1.54) is 6.08 Å². The van der Waals surface area contributed by atoms with Gasteiger partial charge in [0, 0.05) is 5.70 Å². The maximum Gasteiger partial charge on any atom is 0.338 e. The Morgan fingerprint density at radius 2 is 2.27 bits per heavy atom. The Morgan fingerprint density at radius 1 is 1.50 bits per heavy atom. The number of benzene rings is 1. The average Bonchev–Trinajstić information content (AvgIpc) is 2.51. The van der Waals surface area contributed by atoms with Crippen LogP contribution in [0.2, 0.25) is 0 Å². The molecule has 0 spiro atoms. The van der Waals surface area contributed by atoms with Crippen molar-refractivity contribution in [2.24, 2.45) is 0 Å². The van der Waals surface area contributed by atoms with E-state index >= 15 is 0 Å². The van der Waals surface area contributed by atoms with E-state index in [-0.39, 0.29) is 12.6 Å². The topological polar surface area (TPSA) is 59.6 Å². The lowest BCUT2D eigenvalue weighted by molar-refractivity contribution is -0.138. The SMILES string of the molecule is C=CCOC(=O)C1=C(C)NC(=S)N[C@H]1c1cccc(OC)c1. The van der Waals surface area contributed by atoms with Gasteiger partial charge in [0.15, 0.2) is 5.11 Å². The van der Waals surface area contributed by atoms with Gasteiger partial charge in [0.05, 0.1) is 18.7 Å². The van der Waals surface area contributed by atoms with Crippen LogP contribution >= 0.6 is 12.2 Å². The van der Waals surface area contributed by atoms with Crippen LogP contribution < -0.4 is 15.4 Å². The fourth-order valence-corrected chi connectivity index (χ4v) is 2.52. The Bertz CT molecular complexity index is 640. The Morgan fingerprint density at radius 3 is 2.95 bits per heavy atom. The molecule has 0 unspecified atom stereocenters. The molecule has 0 fully saturated rings. The van der Waals surface area contributed by atoms with Gasteiger partial charge in [0.2, 0.25) is 0 Å². The molecule has 0 aliphatic carbocycles. The molecular weight excluding hydrogens is 300 g/mol. The number of carbonyl (C=O) groups excluding carboxylic acids is 1. The highest BCUT2D eigenvalue weighted by molar-refractivity contribution is 7.80. The van der Waals surface area contributed by atoms with Crippen LogP contribution in [0, 0.1) is 0 Å². The Balaban J connectivity index is 2.40. The number of thiocarbonyl (C=S) groups is 1. The molecule has 1 atom stereocenters. The Kier molecular flexibility index (Phi) is 5.16. The minimum atomic E-state index is -0.410. The molecule has 116 valence electrons.